The Kier molecular flexibility index (Phi) is 4.21. The fraction of sp³-hybridized carbons (Fsp3) is 0.438. The van der Waals surface area contributed by atoms with Gasteiger partial charge in [0, 0.05) is 30.8 Å². The predicted molar refractivity (Wildman–Crippen MR) is 79.4 cm³/mol. The molecule has 1 aromatic carbocycles. The largest absolute Gasteiger partial charge is 0.481 e. The lowest BCUT2D eigenvalue weighted by Crippen LogP contribution is -2.40. The average Bonchev–Trinajstić information content (AvgIpc) is 2.98. The number of imide groups is 1. The lowest BCUT2D eigenvalue weighted by atomic mass is 9.89. The van der Waals surface area contributed by atoms with E-state index in [1.165, 1.54) is 0 Å². The molecule has 0 radical (unpaired) electrons. The molecule has 0 aliphatic carbocycles. The highest BCUT2D eigenvalue weighted by Crippen LogP contribution is 2.33. The molecule has 6 nitrogen and oxygen atoms in total. The number of aliphatic carboxylic acids is 1. The van der Waals surface area contributed by atoms with Crippen molar-refractivity contribution in [2.24, 2.45) is 5.92 Å². The summed E-state index contributed by atoms with van der Waals surface area (Å²) in [4.78, 5) is 35.6. The molecular formula is C16H16F2N2O4. The SMILES string of the molecule is O=C1CC[C@H](c2c(F)cc(N3CC[C@@H](C(=O)O)C3)cc2F)C(=O)N1. The first-order valence-electron chi connectivity index (χ1n) is 7.67. The van der Waals surface area contributed by atoms with Crippen LogP contribution in [-0.2, 0) is 14.4 Å². The summed E-state index contributed by atoms with van der Waals surface area (Å²) in [6.07, 6.45) is 0.500. The number of hydrogen-bond acceptors (Lipinski definition) is 4. The Bertz CT molecular complexity index is 699. The van der Waals surface area contributed by atoms with E-state index in [1.807, 2.05) is 0 Å². The maximum Gasteiger partial charge on any atom is 0.308 e. The van der Waals surface area contributed by atoms with Crippen LogP contribution in [0.1, 0.15) is 30.7 Å². The van der Waals surface area contributed by atoms with Crippen LogP contribution in [0.15, 0.2) is 12.1 Å². The zero-order valence-electron chi connectivity index (χ0n) is 12.7. The number of amides is 2. The molecule has 0 aromatic heterocycles. The van der Waals surface area contributed by atoms with Crippen LogP contribution in [0.4, 0.5) is 14.5 Å². The zero-order valence-corrected chi connectivity index (χ0v) is 12.7. The van der Waals surface area contributed by atoms with Crippen molar-refractivity contribution in [3.05, 3.63) is 29.3 Å². The minimum Gasteiger partial charge on any atom is -0.481 e. The van der Waals surface area contributed by atoms with E-state index in [1.54, 1.807) is 4.90 Å². The first-order valence-corrected chi connectivity index (χ1v) is 7.67. The molecule has 0 spiro atoms. The summed E-state index contributed by atoms with van der Waals surface area (Å²) >= 11 is 0. The van der Waals surface area contributed by atoms with E-state index < -0.39 is 41.3 Å². The standard InChI is InChI=1S/C16H16F2N2O4/c17-11-5-9(20-4-3-8(7-20)16(23)24)6-12(18)14(11)10-1-2-13(21)19-15(10)22/h5-6,8,10H,1-4,7H2,(H,23,24)(H,19,21,22)/t8-,10-/m1/s1. The Morgan fingerprint density at radius 1 is 1.21 bits per heavy atom. The van der Waals surface area contributed by atoms with Crippen molar-refractivity contribution in [1.82, 2.24) is 5.32 Å². The van der Waals surface area contributed by atoms with Crippen molar-refractivity contribution in [3.8, 4) is 0 Å². The van der Waals surface area contributed by atoms with Crippen molar-refractivity contribution in [1.29, 1.82) is 0 Å². The maximum atomic E-state index is 14.4. The zero-order chi connectivity index (χ0) is 17.4. The van der Waals surface area contributed by atoms with Gasteiger partial charge in [-0.15, -0.1) is 0 Å². The maximum absolute atomic E-state index is 14.4. The van der Waals surface area contributed by atoms with Crippen molar-refractivity contribution in [2.75, 3.05) is 18.0 Å². The third kappa shape index (κ3) is 2.95. The Hall–Kier alpha value is -2.51. The summed E-state index contributed by atoms with van der Waals surface area (Å²) in [5.74, 6) is -5.42. The smallest absolute Gasteiger partial charge is 0.308 e. The summed E-state index contributed by atoms with van der Waals surface area (Å²) in [6, 6.07) is 2.23. The summed E-state index contributed by atoms with van der Waals surface area (Å²) in [6.45, 7) is 0.583. The van der Waals surface area contributed by atoms with Crippen LogP contribution < -0.4 is 10.2 Å². The monoisotopic (exact) mass is 338 g/mol. The second-order valence-corrected chi connectivity index (χ2v) is 6.10. The number of carbonyl (C=O) groups excluding carboxylic acids is 2. The molecule has 24 heavy (non-hydrogen) atoms. The summed E-state index contributed by atoms with van der Waals surface area (Å²) in [5, 5.41) is 11.1. The highest BCUT2D eigenvalue weighted by Gasteiger charge is 2.34. The van der Waals surface area contributed by atoms with Crippen LogP contribution in [0.25, 0.3) is 0 Å². The molecule has 2 aliphatic heterocycles. The lowest BCUT2D eigenvalue weighted by Gasteiger charge is -2.24. The Labute approximate surface area is 136 Å². The lowest BCUT2D eigenvalue weighted by molar-refractivity contribution is -0.141. The Balaban J connectivity index is 1.86. The quantitative estimate of drug-likeness (QED) is 0.814. The molecule has 0 saturated carbocycles. The van der Waals surface area contributed by atoms with Gasteiger partial charge in [-0.25, -0.2) is 8.78 Å². The first kappa shape index (κ1) is 16.4. The molecule has 8 heteroatoms. The van der Waals surface area contributed by atoms with E-state index in [0.29, 0.717) is 13.0 Å². The number of piperidine rings is 1. The Morgan fingerprint density at radius 3 is 2.42 bits per heavy atom. The number of halogens is 2. The van der Waals surface area contributed by atoms with Gasteiger partial charge in [0.1, 0.15) is 11.6 Å². The third-order valence-corrected chi connectivity index (χ3v) is 4.55. The molecule has 2 N–H and O–H groups in total. The van der Waals surface area contributed by atoms with Gasteiger partial charge in [-0.3, -0.25) is 19.7 Å². The molecule has 128 valence electrons. The highest BCUT2D eigenvalue weighted by molar-refractivity contribution is 6.01. The van der Waals surface area contributed by atoms with E-state index in [0.717, 1.165) is 12.1 Å². The van der Waals surface area contributed by atoms with Gasteiger partial charge in [0.05, 0.1) is 11.8 Å². The number of benzene rings is 1. The van der Waals surface area contributed by atoms with Gasteiger partial charge in [-0.2, -0.15) is 0 Å². The van der Waals surface area contributed by atoms with Crippen LogP contribution in [0, 0.1) is 17.6 Å². The highest BCUT2D eigenvalue weighted by atomic mass is 19.1. The van der Waals surface area contributed by atoms with E-state index >= 15 is 0 Å². The molecule has 0 bridgehead atoms. The van der Waals surface area contributed by atoms with E-state index in [9.17, 15) is 23.2 Å². The number of carboxylic acids is 1. The van der Waals surface area contributed by atoms with E-state index in [4.69, 9.17) is 5.11 Å². The second kappa shape index (κ2) is 6.18. The topological polar surface area (TPSA) is 86.7 Å². The number of carboxylic acid groups (broad SMARTS) is 1. The number of rotatable bonds is 3. The fourth-order valence-corrected chi connectivity index (χ4v) is 3.25. The number of anilines is 1. The summed E-state index contributed by atoms with van der Waals surface area (Å²) in [5.41, 5.74) is -0.0949. The minimum absolute atomic E-state index is 0.0312. The van der Waals surface area contributed by atoms with Crippen molar-refractivity contribution >= 4 is 23.5 Å². The van der Waals surface area contributed by atoms with Gasteiger partial charge in [-0.05, 0) is 25.0 Å². The first-order chi connectivity index (χ1) is 11.4. The van der Waals surface area contributed by atoms with Gasteiger partial charge >= 0.3 is 5.97 Å². The Morgan fingerprint density at radius 2 is 1.88 bits per heavy atom. The summed E-state index contributed by atoms with van der Waals surface area (Å²) in [7, 11) is 0. The van der Waals surface area contributed by atoms with Crippen LogP contribution in [0.2, 0.25) is 0 Å². The van der Waals surface area contributed by atoms with Crippen LogP contribution in [0.3, 0.4) is 0 Å². The molecule has 2 amide bonds. The van der Waals surface area contributed by atoms with Gasteiger partial charge in [-0.1, -0.05) is 0 Å². The number of nitrogens with zero attached hydrogens (tertiary/aromatic N) is 1. The van der Waals surface area contributed by atoms with Crippen LogP contribution >= 0.6 is 0 Å². The van der Waals surface area contributed by atoms with Crippen molar-refractivity contribution in [3.63, 3.8) is 0 Å². The molecule has 1 aromatic rings. The molecule has 0 unspecified atom stereocenters. The van der Waals surface area contributed by atoms with Gasteiger partial charge in [0.15, 0.2) is 0 Å². The van der Waals surface area contributed by atoms with Gasteiger partial charge in [0.25, 0.3) is 0 Å². The number of hydrogen-bond donors (Lipinski definition) is 2. The molecule has 2 aliphatic rings. The predicted octanol–water partition coefficient (Wildman–Crippen LogP) is 1.40. The summed E-state index contributed by atoms with van der Waals surface area (Å²) < 4.78 is 28.9. The average molecular weight is 338 g/mol. The minimum atomic E-state index is -1.04. The molecule has 2 fully saturated rings. The van der Waals surface area contributed by atoms with E-state index in [-0.39, 0.29) is 30.6 Å². The van der Waals surface area contributed by atoms with Crippen LogP contribution in [-0.4, -0.2) is 36.0 Å². The second-order valence-electron chi connectivity index (χ2n) is 6.10. The number of carbonyl (C=O) groups is 3. The van der Waals surface area contributed by atoms with Crippen molar-refractivity contribution < 1.29 is 28.3 Å². The van der Waals surface area contributed by atoms with Crippen LogP contribution in [0.5, 0.6) is 0 Å². The molecule has 3 rings (SSSR count). The third-order valence-electron chi connectivity index (χ3n) is 4.55. The van der Waals surface area contributed by atoms with Crippen molar-refractivity contribution in [2.45, 2.75) is 25.2 Å². The molecule has 2 saturated heterocycles. The normalized spacial score (nSPS) is 24.2. The van der Waals surface area contributed by atoms with E-state index in [2.05, 4.69) is 5.32 Å². The molecular weight excluding hydrogens is 322 g/mol. The van der Waals surface area contributed by atoms with Gasteiger partial charge in [0.2, 0.25) is 11.8 Å². The number of nitrogens with one attached hydrogen (secondary N) is 1. The fourth-order valence-electron chi connectivity index (χ4n) is 3.25. The van der Waals surface area contributed by atoms with Gasteiger partial charge < -0.3 is 10.0 Å². The molecule has 2 heterocycles. The molecule has 2 atom stereocenters.